The van der Waals surface area contributed by atoms with Crippen molar-refractivity contribution in [3.05, 3.63) is 24.2 Å². The minimum absolute atomic E-state index is 0.0340. The van der Waals surface area contributed by atoms with Crippen molar-refractivity contribution in [3.8, 4) is 0 Å². The molecule has 1 aliphatic carbocycles. The summed E-state index contributed by atoms with van der Waals surface area (Å²) in [5.41, 5.74) is 0. The Morgan fingerprint density at radius 2 is 2.16 bits per heavy atom. The van der Waals surface area contributed by atoms with Crippen molar-refractivity contribution in [2.75, 3.05) is 6.61 Å². The van der Waals surface area contributed by atoms with Gasteiger partial charge >= 0.3 is 0 Å². The second-order valence-corrected chi connectivity index (χ2v) is 8.28. The van der Waals surface area contributed by atoms with E-state index in [9.17, 15) is 9.59 Å². The Labute approximate surface area is 153 Å². The highest BCUT2D eigenvalue weighted by Crippen LogP contribution is 2.32. The van der Waals surface area contributed by atoms with E-state index in [0.717, 1.165) is 12.2 Å². The first-order valence-electron chi connectivity index (χ1n) is 9.22. The fourth-order valence-electron chi connectivity index (χ4n) is 3.66. The van der Waals surface area contributed by atoms with Gasteiger partial charge in [-0.1, -0.05) is 32.1 Å². The fraction of sp³-hybridized carbons (Fsp3) is 0.684. The minimum atomic E-state index is -0.509. The highest BCUT2D eigenvalue weighted by Gasteiger charge is 2.36. The Bertz CT molecular complexity index is 568. The first-order valence-corrected chi connectivity index (χ1v) is 10.3. The first kappa shape index (κ1) is 18.5. The van der Waals surface area contributed by atoms with Crippen molar-refractivity contribution < 1.29 is 18.7 Å². The molecule has 1 aliphatic heterocycles. The Hall–Kier alpha value is -1.27. The van der Waals surface area contributed by atoms with Gasteiger partial charge in [-0.3, -0.25) is 9.59 Å². The van der Waals surface area contributed by atoms with Gasteiger partial charge in [-0.2, -0.15) is 0 Å². The molecule has 1 saturated carbocycles. The van der Waals surface area contributed by atoms with Gasteiger partial charge in [-0.05, 0) is 31.4 Å². The lowest BCUT2D eigenvalue weighted by atomic mass is 9.86. The summed E-state index contributed by atoms with van der Waals surface area (Å²) in [6, 6.07) is 3.28. The third-order valence-electron chi connectivity index (χ3n) is 5.17. The van der Waals surface area contributed by atoms with Crippen LogP contribution in [0.5, 0.6) is 0 Å². The zero-order valence-corrected chi connectivity index (χ0v) is 15.6. The highest BCUT2D eigenvalue weighted by molar-refractivity contribution is 7.99. The number of rotatable bonds is 7. The Morgan fingerprint density at radius 1 is 1.36 bits per heavy atom. The van der Waals surface area contributed by atoms with Crippen LogP contribution < -0.4 is 5.32 Å². The molecule has 1 aromatic heterocycles. The zero-order valence-electron chi connectivity index (χ0n) is 14.7. The van der Waals surface area contributed by atoms with Crippen molar-refractivity contribution >= 4 is 23.5 Å². The smallest absolute Gasteiger partial charge is 0.233 e. The van der Waals surface area contributed by atoms with E-state index in [-0.39, 0.29) is 29.7 Å². The lowest BCUT2D eigenvalue weighted by Crippen LogP contribution is -2.47. The van der Waals surface area contributed by atoms with Crippen molar-refractivity contribution in [2.24, 2.45) is 5.92 Å². The van der Waals surface area contributed by atoms with E-state index in [1.807, 2.05) is 19.1 Å². The summed E-state index contributed by atoms with van der Waals surface area (Å²) in [6.45, 7) is 1.93. The van der Waals surface area contributed by atoms with Gasteiger partial charge in [0.05, 0.1) is 23.4 Å². The summed E-state index contributed by atoms with van der Waals surface area (Å²) < 4.78 is 10.7. The summed E-state index contributed by atoms with van der Waals surface area (Å²) in [5.74, 6) is 2.07. The number of carbonyl (C=O) groups excluding carboxylic acids is 2. The molecule has 0 bridgehead atoms. The molecule has 1 aromatic rings. The second-order valence-electron chi connectivity index (χ2n) is 7.09. The molecule has 2 heterocycles. The molecular weight excluding hydrogens is 338 g/mol. The molecule has 0 radical (unpaired) electrons. The number of hydrogen-bond acceptors (Lipinski definition) is 5. The molecule has 138 valence electrons. The van der Waals surface area contributed by atoms with Crippen LogP contribution in [0.2, 0.25) is 0 Å². The Balaban J connectivity index is 1.61. The van der Waals surface area contributed by atoms with Gasteiger partial charge in [0.2, 0.25) is 5.91 Å². The lowest BCUT2D eigenvalue weighted by Gasteiger charge is -2.26. The molecular formula is C19H27NO4S. The number of furan rings is 1. The van der Waals surface area contributed by atoms with Crippen LogP contribution in [0.4, 0.5) is 0 Å². The van der Waals surface area contributed by atoms with Gasteiger partial charge in [0.25, 0.3) is 0 Å². The number of thioether (sulfide) groups is 1. The molecule has 0 unspecified atom stereocenters. The van der Waals surface area contributed by atoms with Crippen LogP contribution >= 0.6 is 11.8 Å². The van der Waals surface area contributed by atoms with Crippen LogP contribution in [0.15, 0.2) is 22.8 Å². The molecule has 2 aliphatic rings. The normalized spacial score (nSPS) is 25.9. The average molecular weight is 365 g/mol. The Kier molecular flexibility index (Phi) is 6.59. The van der Waals surface area contributed by atoms with E-state index in [1.54, 1.807) is 18.0 Å². The van der Waals surface area contributed by atoms with Gasteiger partial charge in [0.1, 0.15) is 18.4 Å². The molecule has 2 fully saturated rings. The quantitative estimate of drug-likeness (QED) is 0.803. The number of hydrogen-bond donors (Lipinski definition) is 1. The standard InChI is InChI=1S/C19H27NO4S/c1-13-18(16(21)11-24-13)20-19(22)17(10-14-6-3-2-4-7-14)25-12-15-8-5-9-23-15/h5,8-9,13-14,17-18H,2-4,6-7,10-12H2,1H3,(H,20,22)/t13-,17+,18-/m0/s1. The maximum atomic E-state index is 12.9. The topological polar surface area (TPSA) is 68.5 Å². The van der Waals surface area contributed by atoms with E-state index in [1.165, 1.54) is 32.1 Å². The third kappa shape index (κ3) is 5.11. The molecule has 1 N–H and O–H groups in total. The van der Waals surface area contributed by atoms with Crippen molar-refractivity contribution in [3.63, 3.8) is 0 Å². The van der Waals surface area contributed by atoms with Crippen LogP contribution in [0.25, 0.3) is 0 Å². The van der Waals surface area contributed by atoms with Crippen LogP contribution in [0, 0.1) is 5.92 Å². The monoisotopic (exact) mass is 365 g/mol. The molecule has 1 saturated heterocycles. The minimum Gasteiger partial charge on any atom is -0.468 e. The first-order chi connectivity index (χ1) is 12.1. The van der Waals surface area contributed by atoms with Crippen LogP contribution in [0.1, 0.15) is 51.2 Å². The molecule has 25 heavy (non-hydrogen) atoms. The second kappa shape index (κ2) is 8.90. The molecule has 1 amide bonds. The van der Waals surface area contributed by atoms with Gasteiger partial charge in [0.15, 0.2) is 5.78 Å². The average Bonchev–Trinajstić information content (AvgIpc) is 3.24. The highest BCUT2D eigenvalue weighted by atomic mass is 32.2. The molecule has 0 spiro atoms. The van der Waals surface area contributed by atoms with Gasteiger partial charge < -0.3 is 14.5 Å². The molecule has 0 aromatic carbocycles. The summed E-state index contributed by atoms with van der Waals surface area (Å²) in [7, 11) is 0. The van der Waals surface area contributed by atoms with E-state index in [2.05, 4.69) is 5.32 Å². The van der Waals surface area contributed by atoms with E-state index in [4.69, 9.17) is 9.15 Å². The van der Waals surface area contributed by atoms with Crippen LogP contribution in [0.3, 0.4) is 0 Å². The van der Waals surface area contributed by atoms with E-state index in [0.29, 0.717) is 11.7 Å². The van der Waals surface area contributed by atoms with Crippen molar-refractivity contribution in [2.45, 2.75) is 68.6 Å². The maximum Gasteiger partial charge on any atom is 0.233 e. The largest absolute Gasteiger partial charge is 0.468 e. The summed E-state index contributed by atoms with van der Waals surface area (Å²) in [5, 5.41) is 2.77. The lowest BCUT2D eigenvalue weighted by molar-refractivity contribution is -0.126. The van der Waals surface area contributed by atoms with Crippen molar-refractivity contribution in [1.82, 2.24) is 5.32 Å². The summed E-state index contributed by atoms with van der Waals surface area (Å²) >= 11 is 1.61. The SMILES string of the molecule is C[C@@H]1OCC(=O)[C@H]1NC(=O)[C@@H](CC1CCCCC1)SCc1ccco1. The number of nitrogens with one attached hydrogen (secondary N) is 1. The van der Waals surface area contributed by atoms with Crippen LogP contribution in [-0.4, -0.2) is 35.7 Å². The van der Waals surface area contributed by atoms with E-state index >= 15 is 0 Å². The van der Waals surface area contributed by atoms with Gasteiger partial charge in [-0.15, -0.1) is 11.8 Å². The molecule has 5 nitrogen and oxygen atoms in total. The zero-order chi connectivity index (χ0) is 17.6. The van der Waals surface area contributed by atoms with Gasteiger partial charge in [-0.25, -0.2) is 0 Å². The predicted octanol–water partition coefficient (Wildman–Crippen LogP) is 3.32. The molecule has 3 rings (SSSR count). The number of carbonyl (C=O) groups is 2. The van der Waals surface area contributed by atoms with Gasteiger partial charge in [0, 0.05) is 0 Å². The van der Waals surface area contributed by atoms with E-state index < -0.39 is 6.04 Å². The molecule has 3 atom stereocenters. The summed E-state index contributed by atoms with van der Waals surface area (Å²) in [4.78, 5) is 24.8. The number of amides is 1. The summed E-state index contributed by atoms with van der Waals surface area (Å²) in [6.07, 6.45) is 8.50. The van der Waals surface area contributed by atoms with Crippen LogP contribution in [-0.2, 0) is 20.1 Å². The number of Topliss-reactive ketones (excluding diaryl/α,β-unsaturated/α-hetero) is 1. The Morgan fingerprint density at radius 3 is 2.80 bits per heavy atom. The third-order valence-corrected chi connectivity index (χ3v) is 6.43. The fourth-order valence-corrected chi connectivity index (χ4v) is 4.82. The predicted molar refractivity (Wildman–Crippen MR) is 97.3 cm³/mol. The maximum absolute atomic E-state index is 12.9. The van der Waals surface area contributed by atoms with Crippen molar-refractivity contribution in [1.29, 1.82) is 0 Å². The number of ketones is 1. The molecule has 6 heteroatoms. The number of ether oxygens (including phenoxy) is 1.